The fourth-order valence-corrected chi connectivity index (χ4v) is 6.11. The molecule has 166 valence electrons. The Morgan fingerprint density at radius 2 is 1.27 bits per heavy atom. The van der Waals surface area contributed by atoms with Crippen molar-refractivity contribution in [3.63, 3.8) is 0 Å². The van der Waals surface area contributed by atoms with Crippen molar-refractivity contribution < 1.29 is 10.1 Å². The Morgan fingerprint density at radius 3 is 1.91 bits per heavy atom. The highest BCUT2D eigenvalue weighted by Gasteiger charge is 2.32. The normalized spacial score (nSPS) is 25.0. The second-order valence-corrected chi connectivity index (χ2v) is 9.62. The highest BCUT2D eigenvalue weighted by atomic mass is 16.5. The molecule has 4 N–H and O–H groups in total. The van der Waals surface area contributed by atoms with E-state index in [4.69, 9.17) is 5.84 Å². The van der Waals surface area contributed by atoms with Crippen molar-refractivity contribution in [1.29, 1.82) is 0 Å². The van der Waals surface area contributed by atoms with Gasteiger partial charge in [-0.2, -0.15) is 0 Å². The molecule has 0 radical (unpaired) electrons. The lowest BCUT2D eigenvalue weighted by Crippen LogP contribution is -3.09. The van der Waals surface area contributed by atoms with E-state index in [2.05, 4.69) is 49.2 Å². The molecule has 0 spiro atoms. The minimum absolute atomic E-state index is 0.0439. The van der Waals surface area contributed by atoms with Gasteiger partial charge < -0.3 is 25.4 Å². The van der Waals surface area contributed by atoms with Gasteiger partial charge in [0.25, 0.3) is 0 Å². The highest BCUT2D eigenvalue weighted by Crippen LogP contribution is 2.48. The number of likely N-dealkylation sites (N-methyl/N-ethyl adjacent to an activating group) is 1. The minimum atomic E-state index is -0.397. The van der Waals surface area contributed by atoms with Gasteiger partial charge >= 0.3 is 0 Å². The van der Waals surface area contributed by atoms with Crippen LogP contribution in [0.25, 0.3) is 43.1 Å². The second kappa shape index (κ2) is 6.22. The third-order valence-electron chi connectivity index (χ3n) is 8.02. The molecule has 0 aromatic heterocycles. The van der Waals surface area contributed by atoms with Gasteiger partial charge in [-0.05, 0) is 52.7 Å². The number of benzene rings is 5. The van der Waals surface area contributed by atoms with Crippen molar-refractivity contribution >= 4 is 65.8 Å². The summed E-state index contributed by atoms with van der Waals surface area (Å²) in [5.74, 6) is 6.37. The maximum absolute atomic E-state index is 13.2. The van der Waals surface area contributed by atoms with E-state index in [-0.39, 0.29) is 16.2 Å². The Bertz CT molecular complexity index is 1550. The van der Waals surface area contributed by atoms with E-state index < -0.39 is 6.17 Å². The molecule has 2 aliphatic heterocycles. The van der Waals surface area contributed by atoms with E-state index in [1.807, 2.05) is 25.1 Å². The molecule has 5 aromatic rings. The highest BCUT2D eigenvalue weighted by molar-refractivity contribution is 6.37. The van der Waals surface area contributed by atoms with Gasteiger partial charge in [0.2, 0.25) is 0 Å². The van der Waals surface area contributed by atoms with Gasteiger partial charge in [-0.1, -0.05) is 12.1 Å². The van der Waals surface area contributed by atoms with Crippen LogP contribution in [0, 0.1) is 10.4 Å². The van der Waals surface area contributed by atoms with Crippen molar-refractivity contribution in [2.75, 3.05) is 23.5 Å². The summed E-state index contributed by atoms with van der Waals surface area (Å²) in [4.78, 5) is 2.22. The number of anilines is 2. The zero-order valence-corrected chi connectivity index (χ0v) is 18.8. The largest absolute Gasteiger partial charge is 0.629 e. The van der Waals surface area contributed by atoms with Crippen LogP contribution in [-0.2, 0) is 0 Å². The van der Waals surface area contributed by atoms with E-state index in [9.17, 15) is 10.4 Å². The molecule has 0 saturated carbocycles. The molecule has 7 rings (SSSR count). The van der Waals surface area contributed by atoms with E-state index in [1.54, 1.807) is 5.01 Å². The van der Waals surface area contributed by atoms with Crippen molar-refractivity contribution in [2.45, 2.75) is 26.1 Å². The molecule has 3 unspecified atom stereocenters. The number of hydrogen-bond acceptors (Lipinski definition) is 5. The summed E-state index contributed by atoms with van der Waals surface area (Å²) in [7, 11) is 2.07. The molecule has 4 atom stereocenters. The van der Waals surface area contributed by atoms with E-state index in [0.717, 1.165) is 65.8 Å². The number of hydrazine groups is 1. The molecule has 7 nitrogen and oxygen atoms in total. The maximum atomic E-state index is 13.2. The fourth-order valence-electron chi connectivity index (χ4n) is 6.11. The molecule has 33 heavy (non-hydrogen) atoms. The molecule has 2 heterocycles. The summed E-state index contributed by atoms with van der Waals surface area (Å²) in [6, 6.07) is 16.7. The van der Waals surface area contributed by atoms with Crippen LogP contribution in [0.3, 0.4) is 0 Å². The lowest BCUT2D eigenvalue weighted by Gasteiger charge is -2.40. The first kappa shape index (κ1) is 19.3. The van der Waals surface area contributed by atoms with E-state index in [0.29, 0.717) is 6.54 Å². The molecule has 0 amide bonds. The quantitative estimate of drug-likeness (QED) is 0.149. The number of hydroxylamine groups is 2. The van der Waals surface area contributed by atoms with Crippen molar-refractivity contribution in [3.05, 3.63) is 58.9 Å². The van der Waals surface area contributed by atoms with Gasteiger partial charge in [-0.3, -0.25) is 5.01 Å². The molecule has 7 heteroatoms. The predicted octanol–water partition coefficient (Wildman–Crippen LogP) is 2.64. The summed E-state index contributed by atoms with van der Waals surface area (Å²) < 4.78 is 0. The SMILES string of the molecule is CC1C[NH+]([O-])c2ccc3c4ccc5c6c(ccc(c7ccc(c2c37)N1C)c64)[NH+]([O-])[C@@H](C)N5N. The second-order valence-electron chi connectivity index (χ2n) is 9.62. The molecule has 5 aromatic carbocycles. The maximum Gasteiger partial charge on any atom is 0.178 e. The number of quaternary nitrogens is 2. The summed E-state index contributed by atoms with van der Waals surface area (Å²) in [5, 5.41) is 36.6. The number of nitrogens with two attached hydrogens (primary N) is 1. The number of rotatable bonds is 0. The average molecular weight is 440 g/mol. The van der Waals surface area contributed by atoms with Gasteiger partial charge in [0.05, 0.1) is 28.2 Å². The van der Waals surface area contributed by atoms with Crippen molar-refractivity contribution in [2.24, 2.45) is 5.84 Å². The van der Waals surface area contributed by atoms with Crippen LogP contribution < -0.4 is 25.9 Å². The van der Waals surface area contributed by atoms with Gasteiger partial charge in [0.1, 0.15) is 17.9 Å². The Morgan fingerprint density at radius 1 is 0.758 bits per heavy atom. The monoisotopic (exact) mass is 439 g/mol. The molecule has 2 aliphatic rings. The Balaban J connectivity index is 1.72. The predicted molar refractivity (Wildman–Crippen MR) is 134 cm³/mol. The first-order chi connectivity index (χ1) is 15.9. The third-order valence-corrected chi connectivity index (χ3v) is 8.02. The van der Waals surface area contributed by atoms with Crippen LogP contribution in [0.15, 0.2) is 48.5 Å². The number of nitrogens with one attached hydrogen (secondary N) is 2. The van der Waals surface area contributed by atoms with Gasteiger partial charge in [0.15, 0.2) is 6.17 Å². The van der Waals surface area contributed by atoms with Crippen molar-refractivity contribution in [3.8, 4) is 0 Å². The molecule has 0 saturated heterocycles. The number of fused-ring (bicyclic) bond motifs is 2. The smallest absolute Gasteiger partial charge is 0.178 e. The first-order valence-corrected chi connectivity index (χ1v) is 11.4. The Kier molecular flexibility index (Phi) is 3.64. The Labute approximate surface area is 190 Å². The summed E-state index contributed by atoms with van der Waals surface area (Å²) in [6.45, 7) is 4.45. The standard InChI is InChI=1S/C26H25N5O2/c1-13-12-29(32)20-9-5-16-17-6-10-21-26-22(31(33)14(2)30(21)27)11-7-18(24(17)26)15-4-8-19(28(13)3)25(20)23(15)16/h4-11,13-14,29,31H,12,27H2,1-3H3/t13?,14-/m0/s1. The van der Waals surface area contributed by atoms with Crippen LogP contribution in [0.4, 0.5) is 22.7 Å². The molecule has 0 fully saturated rings. The van der Waals surface area contributed by atoms with E-state index >= 15 is 0 Å². The Hall–Kier alpha value is -3.20. The first-order valence-electron chi connectivity index (χ1n) is 11.4. The zero-order chi connectivity index (χ0) is 22.8. The summed E-state index contributed by atoms with van der Waals surface area (Å²) in [5.41, 5.74) is 3.50. The minimum Gasteiger partial charge on any atom is -0.629 e. The van der Waals surface area contributed by atoms with Crippen LogP contribution in [0.2, 0.25) is 0 Å². The van der Waals surface area contributed by atoms with Crippen LogP contribution >= 0.6 is 0 Å². The third kappa shape index (κ3) is 2.21. The fraction of sp³-hybridized carbons (Fsp3) is 0.231. The van der Waals surface area contributed by atoms with Gasteiger partial charge in [-0.15, -0.1) is 0 Å². The van der Waals surface area contributed by atoms with Gasteiger partial charge in [-0.25, -0.2) is 5.84 Å². The van der Waals surface area contributed by atoms with Crippen molar-refractivity contribution in [1.82, 2.24) is 0 Å². The number of hydrogen-bond donors (Lipinski definition) is 3. The van der Waals surface area contributed by atoms with Crippen LogP contribution in [-0.4, -0.2) is 25.8 Å². The van der Waals surface area contributed by atoms with Crippen LogP contribution in [0.5, 0.6) is 0 Å². The topological polar surface area (TPSA) is 87.5 Å². The lowest BCUT2D eigenvalue weighted by molar-refractivity contribution is -0.803. The molecular weight excluding hydrogens is 414 g/mol. The van der Waals surface area contributed by atoms with Gasteiger partial charge in [0, 0.05) is 36.9 Å². The number of nitrogens with zero attached hydrogens (tertiary/aromatic N) is 2. The van der Waals surface area contributed by atoms with E-state index in [1.165, 1.54) is 0 Å². The average Bonchev–Trinajstić information content (AvgIpc) is 2.92. The summed E-state index contributed by atoms with van der Waals surface area (Å²) in [6.07, 6.45) is -0.397. The molecule has 0 bridgehead atoms. The summed E-state index contributed by atoms with van der Waals surface area (Å²) >= 11 is 0. The molecule has 0 aliphatic carbocycles. The lowest BCUT2D eigenvalue weighted by atomic mass is 9.87. The zero-order valence-electron chi connectivity index (χ0n) is 18.8. The van der Waals surface area contributed by atoms with Crippen LogP contribution in [0.1, 0.15) is 13.8 Å². The molecular formula is C26H25N5O2.